The third-order valence-corrected chi connectivity index (χ3v) is 4.79. The molecule has 2 aromatic rings. The summed E-state index contributed by atoms with van der Waals surface area (Å²) < 4.78 is 36.7. The van der Waals surface area contributed by atoms with E-state index in [0.717, 1.165) is 17.9 Å². The lowest BCUT2D eigenvalue weighted by Gasteiger charge is -2.12. The van der Waals surface area contributed by atoms with Gasteiger partial charge in [0.15, 0.2) is 6.61 Å². The van der Waals surface area contributed by atoms with Gasteiger partial charge in [-0.1, -0.05) is 25.5 Å². The summed E-state index contributed by atoms with van der Waals surface area (Å²) in [7, 11) is 0. The Morgan fingerprint density at radius 3 is 2.47 bits per heavy atom. The van der Waals surface area contributed by atoms with Crippen LogP contribution in [0.5, 0.6) is 5.75 Å². The molecule has 0 fully saturated rings. The number of rotatable bonds is 9. The molecule has 2 rings (SSSR count). The third-order valence-electron chi connectivity index (χ3n) is 4.79. The molecule has 0 aliphatic rings. The predicted octanol–water partition coefficient (Wildman–Crippen LogP) is 5.00. The summed E-state index contributed by atoms with van der Waals surface area (Å²) in [5, 5.41) is 9.42. The SMILES string of the molecule is Cc1ccc(OC(F)F)c(C(=O)COC(=O)/C(C#N)=C/c2cc(C)n(CC(C)C)c2C)c1. The van der Waals surface area contributed by atoms with Crippen LogP contribution in [0, 0.1) is 38.0 Å². The summed E-state index contributed by atoms with van der Waals surface area (Å²) in [5.41, 5.74) is 2.86. The molecule has 0 bridgehead atoms. The standard InChI is InChI=1S/C24H26F2N2O4/c1-14(2)12-28-16(4)9-18(17(28)5)10-19(11-27)23(30)31-13-21(29)20-8-15(3)6-7-22(20)32-24(25)26/h6-10,14,24H,12-13H2,1-5H3/b19-10+. The highest BCUT2D eigenvalue weighted by Gasteiger charge is 2.20. The average molecular weight is 444 g/mol. The maximum absolute atomic E-state index is 12.6. The number of aryl methyl sites for hydroxylation is 2. The van der Waals surface area contributed by atoms with Gasteiger partial charge in [0.2, 0.25) is 5.78 Å². The Kier molecular flexibility index (Phi) is 8.30. The van der Waals surface area contributed by atoms with Gasteiger partial charge in [-0.2, -0.15) is 14.0 Å². The lowest BCUT2D eigenvalue weighted by atomic mass is 10.1. The van der Waals surface area contributed by atoms with Crippen molar-refractivity contribution in [1.29, 1.82) is 5.26 Å². The van der Waals surface area contributed by atoms with Crippen molar-refractivity contribution >= 4 is 17.8 Å². The summed E-state index contributed by atoms with van der Waals surface area (Å²) in [6, 6.07) is 7.82. The van der Waals surface area contributed by atoms with Crippen molar-refractivity contribution in [1.82, 2.24) is 4.57 Å². The maximum Gasteiger partial charge on any atom is 0.387 e. The van der Waals surface area contributed by atoms with E-state index in [4.69, 9.17) is 4.74 Å². The van der Waals surface area contributed by atoms with Crippen LogP contribution in [0.4, 0.5) is 8.78 Å². The van der Waals surface area contributed by atoms with Crippen LogP contribution in [0.3, 0.4) is 0 Å². The van der Waals surface area contributed by atoms with Crippen LogP contribution in [0.1, 0.15) is 46.7 Å². The normalized spacial score (nSPS) is 11.6. The van der Waals surface area contributed by atoms with Gasteiger partial charge >= 0.3 is 12.6 Å². The number of carbonyl (C=O) groups excluding carboxylic acids is 2. The first-order valence-corrected chi connectivity index (χ1v) is 10.1. The zero-order valence-corrected chi connectivity index (χ0v) is 18.7. The first kappa shape index (κ1) is 24.8. The number of esters is 1. The molecule has 1 aromatic carbocycles. The number of nitrogens with zero attached hydrogens (tertiary/aromatic N) is 2. The summed E-state index contributed by atoms with van der Waals surface area (Å²) in [4.78, 5) is 24.9. The highest BCUT2D eigenvalue weighted by atomic mass is 19.3. The Morgan fingerprint density at radius 1 is 1.19 bits per heavy atom. The van der Waals surface area contributed by atoms with Crippen LogP contribution in [-0.4, -0.2) is 29.5 Å². The molecule has 1 aromatic heterocycles. The molecule has 0 saturated heterocycles. The largest absolute Gasteiger partial charge is 0.453 e. The number of hydrogen-bond donors (Lipinski definition) is 0. The zero-order chi connectivity index (χ0) is 24.0. The van der Waals surface area contributed by atoms with Crippen LogP contribution < -0.4 is 4.74 Å². The number of aromatic nitrogens is 1. The van der Waals surface area contributed by atoms with Crippen LogP contribution in [-0.2, 0) is 16.1 Å². The Hall–Kier alpha value is -3.47. The van der Waals surface area contributed by atoms with Crippen LogP contribution in [0.25, 0.3) is 6.08 Å². The molecule has 32 heavy (non-hydrogen) atoms. The fourth-order valence-corrected chi connectivity index (χ4v) is 3.26. The molecule has 6 nitrogen and oxygen atoms in total. The van der Waals surface area contributed by atoms with Gasteiger partial charge in [0.25, 0.3) is 0 Å². The minimum atomic E-state index is -3.10. The van der Waals surface area contributed by atoms with Gasteiger partial charge in [0, 0.05) is 17.9 Å². The van der Waals surface area contributed by atoms with Crippen LogP contribution in [0.15, 0.2) is 29.8 Å². The van der Waals surface area contributed by atoms with Gasteiger partial charge in [0.05, 0.1) is 5.56 Å². The van der Waals surface area contributed by atoms with E-state index >= 15 is 0 Å². The molecule has 0 unspecified atom stereocenters. The van der Waals surface area contributed by atoms with E-state index in [2.05, 4.69) is 23.2 Å². The average Bonchev–Trinajstić information content (AvgIpc) is 2.97. The third kappa shape index (κ3) is 6.27. The van der Waals surface area contributed by atoms with E-state index in [0.29, 0.717) is 17.0 Å². The number of carbonyl (C=O) groups is 2. The van der Waals surface area contributed by atoms with E-state index in [-0.39, 0.29) is 16.9 Å². The molecule has 1 heterocycles. The van der Waals surface area contributed by atoms with Gasteiger partial charge in [-0.25, -0.2) is 4.79 Å². The quantitative estimate of drug-likeness (QED) is 0.235. The molecule has 0 atom stereocenters. The second kappa shape index (κ2) is 10.7. The summed E-state index contributed by atoms with van der Waals surface area (Å²) >= 11 is 0. The molecule has 0 N–H and O–H groups in total. The smallest absolute Gasteiger partial charge is 0.387 e. The van der Waals surface area contributed by atoms with Gasteiger partial charge in [-0.05, 0) is 56.5 Å². The van der Waals surface area contributed by atoms with E-state index < -0.39 is 25.0 Å². The van der Waals surface area contributed by atoms with E-state index in [1.54, 1.807) is 13.0 Å². The molecule has 0 aliphatic carbocycles. The lowest BCUT2D eigenvalue weighted by molar-refractivity contribution is -0.137. The molecule has 0 amide bonds. The topological polar surface area (TPSA) is 81.3 Å². The highest BCUT2D eigenvalue weighted by Crippen LogP contribution is 2.23. The Bertz CT molecular complexity index is 1080. The number of nitriles is 1. The summed E-state index contributed by atoms with van der Waals surface area (Å²) in [6.07, 6.45) is 1.42. The maximum atomic E-state index is 12.6. The lowest BCUT2D eigenvalue weighted by Crippen LogP contribution is -2.17. The number of ketones is 1. The Morgan fingerprint density at radius 2 is 1.88 bits per heavy atom. The molecule has 8 heteroatoms. The van der Waals surface area contributed by atoms with Gasteiger partial charge in [0.1, 0.15) is 17.4 Å². The first-order chi connectivity index (χ1) is 15.0. The predicted molar refractivity (Wildman–Crippen MR) is 115 cm³/mol. The van der Waals surface area contributed by atoms with Crippen LogP contribution >= 0.6 is 0 Å². The number of hydrogen-bond acceptors (Lipinski definition) is 5. The molecule has 170 valence electrons. The molecule has 0 aliphatic heterocycles. The van der Waals surface area contributed by atoms with Crippen LogP contribution in [0.2, 0.25) is 0 Å². The van der Waals surface area contributed by atoms with E-state index in [9.17, 15) is 23.6 Å². The highest BCUT2D eigenvalue weighted by molar-refractivity contribution is 6.03. The van der Waals surface area contributed by atoms with Gasteiger partial charge < -0.3 is 14.0 Å². The molecular formula is C24H26F2N2O4. The van der Waals surface area contributed by atoms with Crippen molar-refractivity contribution < 1.29 is 27.8 Å². The number of benzene rings is 1. The molecule has 0 saturated carbocycles. The van der Waals surface area contributed by atoms with Crippen molar-refractivity contribution in [3.63, 3.8) is 0 Å². The molecule has 0 spiro atoms. The number of Topliss-reactive ketones (excluding diaryl/α,β-unsaturated/α-hetero) is 1. The van der Waals surface area contributed by atoms with Crippen molar-refractivity contribution in [3.8, 4) is 11.8 Å². The minimum Gasteiger partial charge on any atom is -0.453 e. The fraction of sp³-hybridized carbons (Fsp3) is 0.375. The zero-order valence-electron chi connectivity index (χ0n) is 18.7. The monoisotopic (exact) mass is 444 g/mol. The number of halogens is 2. The van der Waals surface area contributed by atoms with Crippen molar-refractivity contribution in [2.75, 3.05) is 6.61 Å². The van der Waals surface area contributed by atoms with Gasteiger partial charge in [-0.15, -0.1) is 0 Å². The first-order valence-electron chi connectivity index (χ1n) is 10.1. The van der Waals surface area contributed by atoms with E-state index in [1.165, 1.54) is 24.3 Å². The fourth-order valence-electron chi connectivity index (χ4n) is 3.26. The van der Waals surface area contributed by atoms with E-state index in [1.807, 2.05) is 19.9 Å². The van der Waals surface area contributed by atoms with Gasteiger partial charge in [-0.3, -0.25) is 4.79 Å². The second-order valence-corrected chi connectivity index (χ2v) is 7.88. The summed E-state index contributed by atoms with van der Waals surface area (Å²) in [5.74, 6) is -1.58. The summed E-state index contributed by atoms with van der Waals surface area (Å²) in [6.45, 7) is 6.68. The second-order valence-electron chi connectivity index (χ2n) is 7.88. The molecule has 0 radical (unpaired) electrons. The molecular weight excluding hydrogens is 418 g/mol. The van der Waals surface area contributed by atoms with Crippen molar-refractivity contribution in [2.45, 2.75) is 47.8 Å². The Balaban J connectivity index is 2.18. The minimum absolute atomic E-state index is 0.127. The number of alkyl halides is 2. The van der Waals surface area contributed by atoms with Crippen molar-refractivity contribution in [3.05, 3.63) is 57.9 Å². The number of ether oxygens (including phenoxy) is 2. The van der Waals surface area contributed by atoms with Crippen molar-refractivity contribution in [2.24, 2.45) is 5.92 Å². The Labute approximate surface area is 186 Å².